The number of rotatable bonds is 8. The van der Waals surface area contributed by atoms with Gasteiger partial charge in [-0.25, -0.2) is 0 Å². The molecule has 1 aromatic carbocycles. The monoisotopic (exact) mass is 409 g/mol. The smallest absolute Gasteiger partial charge is 0.290 e. The number of furan rings is 1. The quantitative estimate of drug-likeness (QED) is 0.617. The maximum Gasteiger partial charge on any atom is 0.290 e. The Bertz CT molecular complexity index is 1090. The Hall–Kier alpha value is -3.81. The molecule has 8 nitrogen and oxygen atoms in total. The molecule has 2 heterocycles. The SMILES string of the molecule is CCN(CC(=O)Nc1ccccc1OC)C(=O)c1ccc(Cn2ccccc2=O)o1. The summed E-state index contributed by atoms with van der Waals surface area (Å²) in [6, 6.07) is 15.1. The van der Waals surface area contributed by atoms with Crippen LogP contribution in [0.1, 0.15) is 23.2 Å². The summed E-state index contributed by atoms with van der Waals surface area (Å²) in [4.78, 5) is 38.4. The minimum atomic E-state index is -0.403. The van der Waals surface area contributed by atoms with Gasteiger partial charge in [-0.1, -0.05) is 18.2 Å². The number of anilines is 1. The third-order valence-corrected chi connectivity index (χ3v) is 4.48. The number of ether oxygens (including phenoxy) is 1. The van der Waals surface area contributed by atoms with Gasteiger partial charge < -0.3 is 23.9 Å². The Morgan fingerprint density at radius 2 is 1.87 bits per heavy atom. The molecule has 2 aromatic heterocycles. The zero-order valence-electron chi connectivity index (χ0n) is 16.8. The number of carbonyl (C=O) groups is 2. The summed E-state index contributed by atoms with van der Waals surface area (Å²) in [7, 11) is 1.52. The number of amides is 2. The van der Waals surface area contributed by atoms with Crippen molar-refractivity contribution in [3.05, 3.63) is 82.7 Å². The molecule has 0 aliphatic carbocycles. The van der Waals surface area contributed by atoms with Gasteiger partial charge in [0.2, 0.25) is 5.91 Å². The van der Waals surface area contributed by atoms with E-state index in [0.717, 1.165) is 0 Å². The Morgan fingerprint density at radius 1 is 1.10 bits per heavy atom. The van der Waals surface area contributed by atoms with Gasteiger partial charge in [0.05, 0.1) is 19.3 Å². The van der Waals surface area contributed by atoms with Crippen LogP contribution in [0.5, 0.6) is 5.75 Å². The molecule has 0 aliphatic rings. The maximum atomic E-state index is 12.8. The fourth-order valence-corrected chi connectivity index (χ4v) is 2.93. The molecule has 0 radical (unpaired) electrons. The predicted molar refractivity (Wildman–Crippen MR) is 112 cm³/mol. The minimum Gasteiger partial charge on any atom is -0.495 e. The zero-order valence-corrected chi connectivity index (χ0v) is 16.8. The Labute approximate surface area is 173 Å². The highest BCUT2D eigenvalue weighted by Crippen LogP contribution is 2.23. The number of benzene rings is 1. The van der Waals surface area contributed by atoms with Gasteiger partial charge in [0.15, 0.2) is 5.76 Å². The third kappa shape index (κ3) is 4.96. The largest absolute Gasteiger partial charge is 0.495 e. The summed E-state index contributed by atoms with van der Waals surface area (Å²) in [5, 5.41) is 2.75. The number of methoxy groups -OCH3 is 1. The van der Waals surface area contributed by atoms with E-state index in [4.69, 9.17) is 9.15 Å². The van der Waals surface area contributed by atoms with Crippen LogP contribution in [0.15, 0.2) is 70.0 Å². The van der Waals surface area contributed by atoms with E-state index in [1.54, 1.807) is 61.7 Å². The lowest BCUT2D eigenvalue weighted by atomic mass is 10.3. The molecule has 1 N–H and O–H groups in total. The number of hydrogen-bond donors (Lipinski definition) is 1. The topological polar surface area (TPSA) is 93.8 Å². The summed E-state index contributed by atoms with van der Waals surface area (Å²) in [6.45, 7) is 2.18. The molecule has 0 bridgehead atoms. The average molecular weight is 409 g/mol. The van der Waals surface area contributed by atoms with E-state index in [-0.39, 0.29) is 30.3 Å². The van der Waals surface area contributed by atoms with Crippen LogP contribution in [-0.2, 0) is 11.3 Å². The van der Waals surface area contributed by atoms with Gasteiger partial charge in [-0.3, -0.25) is 14.4 Å². The number of hydrogen-bond acceptors (Lipinski definition) is 5. The molecule has 0 spiro atoms. The lowest BCUT2D eigenvalue weighted by Gasteiger charge is -2.19. The third-order valence-electron chi connectivity index (χ3n) is 4.48. The van der Waals surface area contributed by atoms with Gasteiger partial charge in [0.1, 0.15) is 18.1 Å². The molecule has 0 atom stereocenters. The number of carbonyl (C=O) groups excluding carboxylic acids is 2. The molecule has 0 unspecified atom stereocenters. The molecule has 0 saturated carbocycles. The highest BCUT2D eigenvalue weighted by Gasteiger charge is 2.21. The molecular weight excluding hydrogens is 386 g/mol. The van der Waals surface area contributed by atoms with Crippen LogP contribution >= 0.6 is 0 Å². The molecule has 3 aromatic rings. The van der Waals surface area contributed by atoms with Gasteiger partial charge in [0.25, 0.3) is 11.5 Å². The highest BCUT2D eigenvalue weighted by atomic mass is 16.5. The summed E-state index contributed by atoms with van der Waals surface area (Å²) in [5.41, 5.74) is 0.368. The summed E-state index contributed by atoms with van der Waals surface area (Å²) in [6.07, 6.45) is 1.65. The van der Waals surface area contributed by atoms with E-state index in [9.17, 15) is 14.4 Å². The van der Waals surface area contributed by atoms with Crippen LogP contribution < -0.4 is 15.6 Å². The van der Waals surface area contributed by atoms with Crippen LogP contribution in [0.3, 0.4) is 0 Å². The van der Waals surface area contributed by atoms with Gasteiger partial charge in [-0.2, -0.15) is 0 Å². The normalized spacial score (nSPS) is 10.5. The zero-order chi connectivity index (χ0) is 21.5. The van der Waals surface area contributed by atoms with Crippen molar-refractivity contribution in [3.63, 3.8) is 0 Å². The van der Waals surface area contributed by atoms with E-state index in [2.05, 4.69) is 5.32 Å². The standard InChI is InChI=1S/C22H23N3O5/c1-3-24(15-20(26)23-17-8-4-5-9-18(17)29-2)22(28)19-12-11-16(30-19)14-25-13-7-6-10-21(25)27/h4-13H,3,14-15H2,1-2H3,(H,23,26). The molecule has 2 amide bonds. The van der Waals surface area contributed by atoms with Crippen LogP contribution in [-0.4, -0.2) is 41.5 Å². The van der Waals surface area contributed by atoms with Crippen LogP contribution in [0.25, 0.3) is 0 Å². The van der Waals surface area contributed by atoms with Crippen LogP contribution in [0, 0.1) is 0 Å². The molecular formula is C22H23N3O5. The molecule has 30 heavy (non-hydrogen) atoms. The van der Waals surface area contributed by atoms with E-state index < -0.39 is 5.91 Å². The van der Waals surface area contributed by atoms with Gasteiger partial charge in [-0.15, -0.1) is 0 Å². The first-order valence-electron chi connectivity index (χ1n) is 9.48. The lowest BCUT2D eigenvalue weighted by Crippen LogP contribution is -2.37. The maximum absolute atomic E-state index is 12.8. The van der Waals surface area contributed by atoms with Crippen molar-refractivity contribution in [2.45, 2.75) is 13.5 Å². The average Bonchev–Trinajstić information content (AvgIpc) is 3.22. The number of likely N-dealkylation sites (N-methyl/N-ethyl adjacent to an activating group) is 1. The Balaban J connectivity index is 1.66. The Morgan fingerprint density at radius 3 is 2.60 bits per heavy atom. The van der Waals surface area contributed by atoms with Gasteiger partial charge in [-0.05, 0) is 37.3 Å². The number of aromatic nitrogens is 1. The second-order valence-electron chi connectivity index (χ2n) is 6.50. The summed E-state index contributed by atoms with van der Waals surface area (Å²) >= 11 is 0. The van der Waals surface area contributed by atoms with Gasteiger partial charge in [0, 0.05) is 18.8 Å². The second kappa shape index (κ2) is 9.60. The first-order valence-corrected chi connectivity index (χ1v) is 9.48. The van der Waals surface area contributed by atoms with Crippen molar-refractivity contribution in [1.82, 2.24) is 9.47 Å². The van der Waals surface area contributed by atoms with Crippen molar-refractivity contribution < 1.29 is 18.7 Å². The van der Waals surface area contributed by atoms with Crippen LogP contribution in [0.2, 0.25) is 0 Å². The van der Waals surface area contributed by atoms with Crippen molar-refractivity contribution in [2.75, 3.05) is 25.5 Å². The fourth-order valence-electron chi connectivity index (χ4n) is 2.93. The molecule has 3 rings (SSSR count). The van der Waals surface area contributed by atoms with Crippen molar-refractivity contribution in [3.8, 4) is 5.75 Å². The number of nitrogens with zero attached hydrogens (tertiary/aromatic N) is 2. The molecule has 0 aliphatic heterocycles. The second-order valence-corrected chi connectivity index (χ2v) is 6.50. The van der Waals surface area contributed by atoms with E-state index in [1.165, 1.54) is 22.6 Å². The first kappa shape index (κ1) is 20.9. The molecule has 8 heteroatoms. The van der Waals surface area contributed by atoms with Gasteiger partial charge >= 0.3 is 0 Å². The lowest BCUT2D eigenvalue weighted by molar-refractivity contribution is -0.116. The number of para-hydroxylation sites is 2. The van der Waals surface area contributed by atoms with E-state index >= 15 is 0 Å². The highest BCUT2D eigenvalue weighted by molar-refractivity contribution is 5.98. The van der Waals surface area contributed by atoms with Crippen molar-refractivity contribution in [1.29, 1.82) is 0 Å². The van der Waals surface area contributed by atoms with Crippen molar-refractivity contribution >= 4 is 17.5 Å². The summed E-state index contributed by atoms with van der Waals surface area (Å²) < 4.78 is 12.3. The van der Waals surface area contributed by atoms with Crippen molar-refractivity contribution in [2.24, 2.45) is 0 Å². The van der Waals surface area contributed by atoms with E-state index in [1.807, 2.05) is 0 Å². The first-order chi connectivity index (χ1) is 14.5. The minimum absolute atomic E-state index is 0.112. The molecule has 0 fully saturated rings. The number of nitrogens with one attached hydrogen (secondary N) is 1. The predicted octanol–water partition coefficient (Wildman–Crippen LogP) is 2.60. The van der Waals surface area contributed by atoms with E-state index in [0.29, 0.717) is 23.7 Å². The number of pyridine rings is 1. The molecule has 156 valence electrons. The van der Waals surface area contributed by atoms with Crippen LogP contribution in [0.4, 0.5) is 5.69 Å². The Kier molecular flexibility index (Phi) is 6.69. The summed E-state index contributed by atoms with van der Waals surface area (Å²) in [5.74, 6) is 0.366. The molecule has 0 saturated heterocycles. The fraction of sp³-hybridized carbons (Fsp3) is 0.227.